The van der Waals surface area contributed by atoms with E-state index in [-0.39, 0.29) is 0 Å². The summed E-state index contributed by atoms with van der Waals surface area (Å²) in [7, 11) is 4.93. The minimum Gasteiger partial charge on any atom is -0.383 e. The third kappa shape index (κ3) is 1.90. The standard InChI is InChI=1S/C7H17NO2Si/c1-7(2)11(9-5,10-6)8(3)4/h1H2,2-6H3. The number of nitrogens with zero attached hydrogens (tertiary/aromatic N) is 1. The van der Waals surface area contributed by atoms with Crippen molar-refractivity contribution >= 4 is 8.72 Å². The summed E-state index contributed by atoms with van der Waals surface area (Å²) in [6.07, 6.45) is 0. The van der Waals surface area contributed by atoms with Gasteiger partial charge in [0, 0.05) is 14.2 Å². The highest BCUT2D eigenvalue weighted by Gasteiger charge is 2.40. The van der Waals surface area contributed by atoms with Gasteiger partial charge in [0.15, 0.2) is 0 Å². The quantitative estimate of drug-likeness (QED) is 0.592. The Labute approximate surface area is 69.9 Å². The van der Waals surface area contributed by atoms with Gasteiger partial charge in [-0.05, 0) is 26.2 Å². The van der Waals surface area contributed by atoms with Crippen LogP contribution in [0.15, 0.2) is 11.8 Å². The summed E-state index contributed by atoms with van der Waals surface area (Å²) < 4.78 is 12.7. The van der Waals surface area contributed by atoms with Crippen LogP contribution in [0, 0.1) is 0 Å². The smallest absolute Gasteiger partial charge is 0.383 e. The molecule has 0 N–H and O–H groups in total. The molecule has 0 spiro atoms. The lowest BCUT2D eigenvalue weighted by Gasteiger charge is -2.32. The van der Waals surface area contributed by atoms with Crippen LogP contribution in [-0.4, -0.2) is 41.6 Å². The Kier molecular flexibility index (Phi) is 3.95. The molecule has 0 aliphatic heterocycles. The first kappa shape index (κ1) is 10.8. The van der Waals surface area contributed by atoms with Crippen LogP contribution in [0.25, 0.3) is 0 Å². The highest BCUT2D eigenvalue weighted by atomic mass is 28.4. The Balaban J connectivity index is 4.61. The van der Waals surface area contributed by atoms with Crippen LogP contribution in [0.3, 0.4) is 0 Å². The zero-order valence-electron chi connectivity index (χ0n) is 7.97. The Morgan fingerprint density at radius 3 is 1.64 bits per heavy atom. The van der Waals surface area contributed by atoms with Crippen LogP contribution in [0.1, 0.15) is 6.92 Å². The van der Waals surface area contributed by atoms with Crippen molar-refractivity contribution in [1.29, 1.82) is 0 Å². The number of allylic oxidation sites excluding steroid dienone is 1. The molecular weight excluding hydrogens is 158 g/mol. The predicted molar refractivity (Wildman–Crippen MR) is 48.3 cm³/mol. The molecule has 0 rings (SSSR count). The fraction of sp³-hybridized carbons (Fsp3) is 0.714. The molecule has 0 heterocycles. The summed E-state index contributed by atoms with van der Waals surface area (Å²) >= 11 is 0. The molecule has 3 nitrogen and oxygen atoms in total. The van der Waals surface area contributed by atoms with E-state index >= 15 is 0 Å². The van der Waals surface area contributed by atoms with E-state index in [9.17, 15) is 0 Å². The Morgan fingerprint density at radius 2 is 1.64 bits per heavy atom. The number of hydrogen-bond acceptors (Lipinski definition) is 3. The summed E-state index contributed by atoms with van der Waals surface area (Å²) in [5.41, 5.74) is 0. The third-order valence-electron chi connectivity index (χ3n) is 1.68. The second-order valence-electron chi connectivity index (χ2n) is 2.66. The molecule has 4 heteroatoms. The van der Waals surface area contributed by atoms with E-state index in [1.54, 1.807) is 14.2 Å². The van der Waals surface area contributed by atoms with Crippen molar-refractivity contribution < 1.29 is 8.85 Å². The van der Waals surface area contributed by atoms with Crippen molar-refractivity contribution in [3.63, 3.8) is 0 Å². The molecule has 0 bridgehead atoms. The zero-order chi connectivity index (χ0) is 9.07. The lowest BCUT2D eigenvalue weighted by Crippen LogP contribution is -2.55. The number of rotatable bonds is 4. The predicted octanol–water partition coefficient (Wildman–Crippen LogP) is 0.895. The summed E-state index contributed by atoms with van der Waals surface area (Å²) in [4.78, 5) is 0. The van der Waals surface area contributed by atoms with Crippen LogP contribution in [0.4, 0.5) is 0 Å². The summed E-state index contributed by atoms with van der Waals surface area (Å²) in [6, 6.07) is 0. The number of hydrogen-bond donors (Lipinski definition) is 0. The van der Waals surface area contributed by atoms with Crippen molar-refractivity contribution in [2.24, 2.45) is 0 Å². The first-order valence-corrected chi connectivity index (χ1v) is 5.21. The van der Waals surface area contributed by atoms with Crippen molar-refractivity contribution in [1.82, 2.24) is 4.57 Å². The van der Waals surface area contributed by atoms with Crippen LogP contribution in [0.5, 0.6) is 0 Å². The SMILES string of the molecule is C=C(C)[Si](OC)(OC)N(C)C. The average Bonchev–Trinajstić information content (AvgIpc) is 1.90. The maximum absolute atomic E-state index is 5.35. The average molecular weight is 175 g/mol. The van der Waals surface area contributed by atoms with E-state index in [0.29, 0.717) is 0 Å². The van der Waals surface area contributed by atoms with Gasteiger partial charge in [-0.3, -0.25) is 4.57 Å². The van der Waals surface area contributed by atoms with Crippen LogP contribution < -0.4 is 0 Å². The van der Waals surface area contributed by atoms with Crippen molar-refractivity contribution in [3.8, 4) is 0 Å². The minimum absolute atomic E-state index is 0.965. The topological polar surface area (TPSA) is 21.7 Å². The van der Waals surface area contributed by atoms with Gasteiger partial charge in [-0.15, -0.1) is 0 Å². The lowest BCUT2D eigenvalue weighted by molar-refractivity contribution is 0.198. The normalized spacial score (nSPS) is 12.2. The van der Waals surface area contributed by atoms with E-state index in [2.05, 4.69) is 6.58 Å². The van der Waals surface area contributed by atoms with Crippen molar-refractivity contribution in [2.75, 3.05) is 28.3 Å². The summed E-state index contributed by atoms with van der Waals surface area (Å²) in [6.45, 7) is 5.79. The summed E-state index contributed by atoms with van der Waals surface area (Å²) in [5, 5.41) is 0.965. The highest BCUT2D eigenvalue weighted by Crippen LogP contribution is 2.16. The van der Waals surface area contributed by atoms with Gasteiger partial charge in [0.2, 0.25) is 0 Å². The molecule has 0 unspecified atom stereocenters. The van der Waals surface area contributed by atoms with Gasteiger partial charge in [-0.2, -0.15) is 0 Å². The van der Waals surface area contributed by atoms with Gasteiger partial charge >= 0.3 is 8.72 Å². The molecule has 66 valence electrons. The molecule has 0 amide bonds. The van der Waals surface area contributed by atoms with E-state index in [4.69, 9.17) is 8.85 Å². The van der Waals surface area contributed by atoms with Gasteiger partial charge < -0.3 is 8.85 Å². The van der Waals surface area contributed by atoms with Crippen LogP contribution in [-0.2, 0) is 8.85 Å². The van der Waals surface area contributed by atoms with Gasteiger partial charge in [-0.25, -0.2) is 0 Å². The Bertz CT molecular complexity index is 143. The van der Waals surface area contributed by atoms with E-state index in [1.807, 2.05) is 25.6 Å². The van der Waals surface area contributed by atoms with Gasteiger partial charge in [-0.1, -0.05) is 6.58 Å². The molecule has 0 aliphatic carbocycles. The molecule has 0 aliphatic rings. The Hall–Kier alpha value is -0.163. The third-order valence-corrected chi connectivity index (χ3v) is 5.04. The molecule has 11 heavy (non-hydrogen) atoms. The second-order valence-corrected chi connectivity index (χ2v) is 6.39. The van der Waals surface area contributed by atoms with E-state index < -0.39 is 8.72 Å². The van der Waals surface area contributed by atoms with E-state index in [0.717, 1.165) is 5.20 Å². The molecule has 0 saturated heterocycles. The molecule has 0 aromatic carbocycles. The molecule has 0 aromatic rings. The molecule has 0 aromatic heterocycles. The summed E-state index contributed by atoms with van der Waals surface area (Å²) in [5.74, 6) is 0. The fourth-order valence-corrected chi connectivity index (χ4v) is 3.54. The molecular formula is C7H17NO2Si. The minimum atomic E-state index is -2.26. The molecule has 0 saturated carbocycles. The van der Waals surface area contributed by atoms with Crippen molar-refractivity contribution in [3.05, 3.63) is 11.8 Å². The second kappa shape index (κ2) is 4.01. The molecule has 0 fully saturated rings. The van der Waals surface area contributed by atoms with Crippen LogP contribution in [0.2, 0.25) is 0 Å². The van der Waals surface area contributed by atoms with Crippen molar-refractivity contribution in [2.45, 2.75) is 6.92 Å². The van der Waals surface area contributed by atoms with E-state index in [1.165, 1.54) is 0 Å². The Morgan fingerprint density at radius 1 is 1.27 bits per heavy atom. The zero-order valence-corrected chi connectivity index (χ0v) is 8.97. The lowest BCUT2D eigenvalue weighted by atomic mass is 10.8. The molecule has 0 radical (unpaired) electrons. The van der Waals surface area contributed by atoms with Gasteiger partial charge in [0.25, 0.3) is 0 Å². The highest BCUT2D eigenvalue weighted by molar-refractivity contribution is 6.71. The van der Waals surface area contributed by atoms with Crippen LogP contribution >= 0.6 is 0 Å². The maximum atomic E-state index is 5.35. The largest absolute Gasteiger partial charge is 0.457 e. The first-order chi connectivity index (χ1) is 5.01. The fourth-order valence-electron chi connectivity index (χ4n) is 1.18. The molecule has 0 atom stereocenters. The monoisotopic (exact) mass is 175 g/mol. The van der Waals surface area contributed by atoms with Gasteiger partial charge in [0.1, 0.15) is 0 Å². The maximum Gasteiger partial charge on any atom is 0.457 e. The van der Waals surface area contributed by atoms with Gasteiger partial charge in [0.05, 0.1) is 0 Å². The first-order valence-electron chi connectivity index (χ1n) is 3.45.